The van der Waals surface area contributed by atoms with E-state index in [2.05, 4.69) is 4.84 Å². The first kappa shape index (κ1) is 20.3. The Kier molecular flexibility index (Phi) is 9.21. The molecule has 1 fully saturated rings. The summed E-state index contributed by atoms with van der Waals surface area (Å²) in [4.78, 5) is 51.6. The molecule has 0 spiro atoms. The summed E-state index contributed by atoms with van der Waals surface area (Å²) in [7, 11) is 0. The molecule has 0 aliphatic carbocycles. The first-order chi connectivity index (χ1) is 11.4. The van der Waals surface area contributed by atoms with Gasteiger partial charge in [-0.3, -0.25) is 14.4 Å². The summed E-state index contributed by atoms with van der Waals surface area (Å²) in [5.41, 5.74) is 1.95. The number of carboxylic acids is 1. The first-order valence-corrected chi connectivity index (χ1v) is 9.10. The van der Waals surface area contributed by atoms with E-state index in [-0.39, 0.29) is 18.7 Å². The maximum atomic E-state index is 12.4. The average Bonchev–Trinajstić information content (AvgIpc) is 2.55. The predicted octanol–water partition coefficient (Wildman–Crippen LogP) is 0.807. The standard InChI is InChI=1S/C15H24N2O6S/c1-11(18)16-23-14(21)5-8-24-10-12(9-13(19)20)15(22)17-6-3-2-4-7-17/h12H,2-10H2,1H3,(H,16,18)(H,19,20)/t12-/m0/s1. The molecule has 9 heteroatoms. The molecule has 2 N–H and O–H groups in total. The minimum absolute atomic E-state index is 0.0721. The van der Waals surface area contributed by atoms with Gasteiger partial charge in [0, 0.05) is 31.5 Å². The Bertz CT molecular complexity index is 465. The average molecular weight is 360 g/mol. The Labute approximate surface area is 145 Å². The second-order valence-corrected chi connectivity index (χ2v) is 6.79. The van der Waals surface area contributed by atoms with E-state index in [4.69, 9.17) is 5.11 Å². The van der Waals surface area contributed by atoms with Gasteiger partial charge in [0.2, 0.25) is 11.8 Å². The van der Waals surface area contributed by atoms with E-state index in [1.165, 1.54) is 18.7 Å². The van der Waals surface area contributed by atoms with Crippen LogP contribution in [0.25, 0.3) is 0 Å². The van der Waals surface area contributed by atoms with Crippen molar-refractivity contribution in [2.24, 2.45) is 5.92 Å². The molecule has 136 valence electrons. The molecule has 1 rings (SSSR count). The highest BCUT2D eigenvalue weighted by atomic mass is 32.2. The van der Waals surface area contributed by atoms with Gasteiger partial charge in [-0.2, -0.15) is 17.2 Å². The molecular formula is C15H24N2O6S. The number of hydrogen-bond acceptors (Lipinski definition) is 6. The molecular weight excluding hydrogens is 336 g/mol. The van der Waals surface area contributed by atoms with Crippen molar-refractivity contribution in [3.05, 3.63) is 0 Å². The monoisotopic (exact) mass is 360 g/mol. The summed E-state index contributed by atoms with van der Waals surface area (Å²) < 4.78 is 0. The van der Waals surface area contributed by atoms with Crippen LogP contribution in [0.1, 0.15) is 39.0 Å². The van der Waals surface area contributed by atoms with Gasteiger partial charge in [0.05, 0.1) is 18.8 Å². The summed E-state index contributed by atoms with van der Waals surface area (Å²) in [6, 6.07) is 0. The molecule has 1 atom stereocenters. The molecule has 0 saturated carbocycles. The summed E-state index contributed by atoms with van der Waals surface area (Å²) in [6.07, 6.45) is 2.86. The number of likely N-dealkylation sites (tertiary alicyclic amines) is 1. The van der Waals surface area contributed by atoms with Crippen LogP contribution < -0.4 is 5.48 Å². The molecule has 8 nitrogen and oxygen atoms in total. The number of carboxylic acid groups (broad SMARTS) is 1. The van der Waals surface area contributed by atoms with E-state index in [0.717, 1.165) is 19.3 Å². The third kappa shape index (κ3) is 8.19. The maximum absolute atomic E-state index is 12.4. The van der Waals surface area contributed by atoms with Gasteiger partial charge in [0.1, 0.15) is 0 Å². The van der Waals surface area contributed by atoms with E-state index in [1.807, 2.05) is 5.48 Å². The Morgan fingerprint density at radius 2 is 1.88 bits per heavy atom. The minimum Gasteiger partial charge on any atom is -0.481 e. The van der Waals surface area contributed by atoms with E-state index >= 15 is 0 Å². The van der Waals surface area contributed by atoms with E-state index in [9.17, 15) is 19.2 Å². The number of thioether (sulfide) groups is 1. The number of carbonyl (C=O) groups is 4. The number of aliphatic carboxylic acids is 1. The zero-order valence-corrected chi connectivity index (χ0v) is 14.6. The number of nitrogens with zero attached hydrogens (tertiary/aromatic N) is 1. The molecule has 0 aromatic carbocycles. The molecule has 0 unspecified atom stereocenters. The summed E-state index contributed by atoms with van der Waals surface area (Å²) in [6.45, 7) is 2.59. The Hall–Kier alpha value is -1.77. The van der Waals surface area contributed by atoms with Crippen molar-refractivity contribution < 1.29 is 29.1 Å². The number of carbonyl (C=O) groups excluding carboxylic acids is 3. The number of hydrogen-bond donors (Lipinski definition) is 2. The smallest absolute Gasteiger partial charge is 0.333 e. The second kappa shape index (κ2) is 10.9. The quantitative estimate of drug-likeness (QED) is 0.486. The molecule has 2 amide bonds. The van der Waals surface area contributed by atoms with Crippen LogP contribution in [-0.2, 0) is 24.0 Å². The topological polar surface area (TPSA) is 113 Å². The lowest BCUT2D eigenvalue weighted by Crippen LogP contribution is -2.41. The van der Waals surface area contributed by atoms with Gasteiger partial charge in [0.25, 0.3) is 0 Å². The van der Waals surface area contributed by atoms with Gasteiger partial charge in [-0.1, -0.05) is 0 Å². The van der Waals surface area contributed by atoms with Crippen molar-refractivity contribution in [2.45, 2.75) is 39.0 Å². The van der Waals surface area contributed by atoms with Crippen LogP contribution >= 0.6 is 11.8 Å². The highest BCUT2D eigenvalue weighted by molar-refractivity contribution is 7.99. The SMILES string of the molecule is CC(=O)NOC(=O)CCSC[C@H](CC(=O)O)C(=O)N1CCCCC1. The zero-order valence-electron chi connectivity index (χ0n) is 13.8. The van der Waals surface area contributed by atoms with Crippen molar-refractivity contribution in [3.63, 3.8) is 0 Å². The maximum Gasteiger partial charge on any atom is 0.333 e. The largest absolute Gasteiger partial charge is 0.481 e. The number of rotatable bonds is 8. The van der Waals surface area contributed by atoms with Crippen LogP contribution in [-0.4, -0.2) is 58.4 Å². The van der Waals surface area contributed by atoms with Crippen LogP contribution in [0.5, 0.6) is 0 Å². The fourth-order valence-electron chi connectivity index (χ4n) is 2.36. The van der Waals surface area contributed by atoms with Crippen LogP contribution in [0.3, 0.4) is 0 Å². The van der Waals surface area contributed by atoms with Crippen LogP contribution in [0.15, 0.2) is 0 Å². The Morgan fingerprint density at radius 1 is 1.21 bits per heavy atom. The van der Waals surface area contributed by atoms with Crippen molar-refractivity contribution in [2.75, 3.05) is 24.6 Å². The van der Waals surface area contributed by atoms with E-state index in [0.29, 0.717) is 24.6 Å². The molecule has 1 aliphatic rings. The Morgan fingerprint density at radius 3 is 2.46 bits per heavy atom. The zero-order chi connectivity index (χ0) is 17.9. The summed E-state index contributed by atoms with van der Waals surface area (Å²) >= 11 is 1.33. The lowest BCUT2D eigenvalue weighted by atomic mass is 10.0. The highest BCUT2D eigenvalue weighted by Crippen LogP contribution is 2.19. The number of amides is 2. The van der Waals surface area contributed by atoms with E-state index in [1.54, 1.807) is 4.90 Å². The van der Waals surface area contributed by atoms with Crippen molar-refractivity contribution in [3.8, 4) is 0 Å². The van der Waals surface area contributed by atoms with Crippen molar-refractivity contribution in [1.82, 2.24) is 10.4 Å². The Balaban J connectivity index is 2.37. The fourth-order valence-corrected chi connectivity index (χ4v) is 3.38. The van der Waals surface area contributed by atoms with Gasteiger partial charge < -0.3 is 14.8 Å². The van der Waals surface area contributed by atoms with Gasteiger partial charge in [0.15, 0.2) is 0 Å². The number of piperidine rings is 1. The van der Waals surface area contributed by atoms with Crippen LogP contribution in [0.4, 0.5) is 0 Å². The lowest BCUT2D eigenvalue weighted by molar-refractivity contribution is -0.157. The first-order valence-electron chi connectivity index (χ1n) is 7.94. The normalized spacial score (nSPS) is 15.5. The molecule has 0 bridgehead atoms. The highest BCUT2D eigenvalue weighted by Gasteiger charge is 2.27. The molecule has 0 radical (unpaired) electrons. The summed E-state index contributed by atoms with van der Waals surface area (Å²) in [5, 5.41) is 9.00. The molecule has 0 aromatic rings. The third-order valence-corrected chi connectivity index (χ3v) is 4.65. The van der Waals surface area contributed by atoms with Gasteiger partial charge >= 0.3 is 11.9 Å². The minimum atomic E-state index is -1.00. The van der Waals surface area contributed by atoms with Gasteiger partial charge in [-0.25, -0.2) is 4.79 Å². The molecule has 0 aromatic heterocycles. The second-order valence-electron chi connectivity index (χ2n) is 5.64. The predicted molar refractivity (Wildman–Crippen MR) is 88.0 cm³/mol. The third-order valence-electron chi connectivity index (χ3n) is 3.52. The van der Waals surface area contributed by atoms with Crippen LogP contribution in [0, 0.1) is 5.92 Å². The van der Waals surface area contributed by atoms with E-state index < -0.39 is 23.8 Å². The van der Waals surface area contributed by atoms with Crippen LogP contribution in [0.2, 0.25) is 0 Å². The number of nitrogens with one attached hydrogen (secondary N) is 1. The lowest BCUT2D eigenvalue weighted by Gasteiger charge is -2.30. The van der Waals surface area contributed by atoms with Crippen molar-refractivity contribution in [1.29, 1.82) is 0 Å². The fraction of sp³-hybridized carbons (Fsp3) is 0.733. The molecule has 24 heavy (non-hydrogen) atoms. The van der Waals surface area contributed by atoms with Gasteiger partial charge in [-0.15, -0.1) is 0 Å². The van der Waals surface area contributed by atoms with Crippen molar-refractivity contribution >= 4 is 35.5 Å². The number of hydroxylamine groups is 1. The molecule has 1 heterocycles. The van der Waals surface area contributed by atoms with Gasteiger partial charge in [-0.05, 0) is 19.3 Å². The molecule has 1 saturated heterocycles. The molecule has 1 aliphatic heterocycles. The summed E-state index contributed by atoms with van der Waals surface area (Å²) in [5.74, 6) is -2.02.